The lowest BCUT2D eigenvalue weighted by Gasteiger charge is -1.95. The van der Waals surface area contributed by atoms with E-state index in [0.29, 0.717) is 10.6 Å². The SMILES string of the molecule is Cc1ccc(-c2nc(C)c(C(=O)O)s2)cc1. The number of carboxylic acid groups (broad SMARTS) is 1. The van der Waals surface area contributed by atoms with Gasteiger partial charge in [0.05, 0.1) is 5.69 Å². The number of hydrogen-bond donors (Lipinski definition) is 1. The minimum atomic E-state index is -0.909. The molecule has 82 valence electrons. The molecule has 4 heteroatoms. The second-order valence-electron chi connectivity index (χ2n) is 3.60. The van der Waals surface area contributed by atoms with Gasteiger partial charge < -0.3 is 5.11 Å². The van der Waals surface area contributed by atoms with Crippen LogP contribution in [-0.4, -0.2) is 16.1 Å². The Kier molecular flexibility index (Phi) is 2.75. The molecule has 0 spiro atoms. The normalized spacial score (nSPS) is 10.4. The van der Waals surface area contributed by atoms with Gasteiger partial charge in [0, 0.05) is 5.56 Å². The Morgan fingerprint density at radius 3 is 2.38 bits per heavy atom. The summed E-state index contributed by atoms with van der Waals surface area (Å²) < 4.78 is 0. The Balaban J connectivity index is 2.45. The molecule has 1 aromatic carbocycles. The molecule has 2 aromatic rings. The summed E-state index contributed by atoms with van der Waals surface area (Å²) in [6, 6.07) is 7.90. The van der Waals surface area contributed by atoms with Crippen LogP contribution in [0.15, 0.2) is 24.3 Å². The van der Waals surface area contributed by atoms with E-state index in [1.54, 1.807) is 6.92 Å². The van der Waals surface area contributed by atoms with Crippen molar-refractivity contribution in [3.05, 3.63) is 40.4 Å². The monoisotopic (exact) mass is 233 g/mol. The summed E-state index contributed by atoms with van der Waals surface area (Å²) in [5, 5.41) is 9.70. The highest BCUT2D eigenvalue weighted by Gasteiger charge is 2.14. The largest absolute Gasteiger partial charge is 0.477 e. The first-order valence-electron chi connectivity index (χ1n) is 4.85. The molecule has 0 unspecified atom stereocenters. The fraction of sp³-hybridized carbons (Fsp3) is 0.167. The quantitative estimate of drug-likeness (QED) is 0.867. The number of hydrogen-bond acceptors (Lipinski definition) is 3. The van der Waals surface area contributed by atoms with Crippen LogP contribution in [0.2, 0.25) is 0 Å². The second kappa shape index (κ2) is 4.06. The summed E-state index contributed by atoms with van der Waals surface area (Å²) in [4.78, 5) is 15.5. The molecular formula is C12H11NO2S. The van der Waals surface area contributed by atoms with Gasteiger partial charge in [0.1, 0.15) is 9.88 Å². The smallest absolute Gasteiger partial charge is 0.347 e. The van der Waals surface area contributed by atoms with E-state index in [1.165, 1.54) is 16.9 Å². The second-order valence-corrected chi connectivity index (χ2v) is 4.60. The summed E-state index contributed by atoms with van der Waals surface area (Å²) >= 11 is 1.22. The molecule has 1 heterocycles. The fourth-order valence-corrected chi connectivity index (χ4v) is 2.32. The predicted molar refractivity (Wildman–Crippen MR) is 64.0 cm³/mol. The van der Waals surface area contributed by atoms with Crippen molar-refractivity contribution in [2.45, 2.75) is 13.8 Å². The molecule has 0 atom stereocenters. The summed E-state index contributed by atoms with van der Waals surface area (Å²) in [5.74, 6) is -0.909. The van der Waals surface area contributed by atoms with Gasteiger partial charge >= 0.3 is 5.97 Å². The maximum atomic E-state index is 10.9. The molecule has 1 N–H and O–H groups in total. The van der Waals surface area contributed by atoms with E-state index < -0.39 is 5.97 Å². The van der Waals surface area contributed by atoms with Crippen LogP contribution in [0.4, 0.5) is 0 Å². The number of nitrogens with zero attached hydrogens (tertiary/aromatic N) is 1. The lowest BCUT2D eigenvalue weighted by molar-refractivity contribution is 0.0701. The van der Waals surface area contributed by atoms with Crippen molar-refractivity contribution in [2.75, 3.05) is 0 Å². The molecule has 2 rings (SSSR count). The molecule has 0 aliphatic heterocycles. The molecule has 1 aromatic heterocycles. The van der Waals surface area contributed by atoms with Crippen LogP contribution in [0.5, 0.6) is 0 Å². The Bertz CT molecular complexity index is 528. The highest BCUT2D eigenvalue weighted by molar-refractivity contribution is 7.17. The Hall–Kier alpha value is -1.68. The van der Waals surface area contributed by atoms with Crippen LogP contribution in [0.3, 0.4) is 0 Å². The van der Waals surface area contributed by atoms with E-state index in [4.69, 9.17) is 5.11 Å². The van der Waals surface area contributed by atoms with E-state index in [0.717, 1.165) is 10.6 Å². The molecule has 0 radical (unpaired) electrons. The van der Waals surface area contributed by atoms with Crippen molar-refractivity contribution in [1.82, 2.24) is 4.98 Å². The number of thiazole rings is 1. The van der Waals surface area contributed by atoms with Gasteiger partial charge in [-0.3, -0.25) is 0 Å². The van der Waals surface area contributed by atoms with Gasteiger partial charge in [0.2, 0.25) is 0 Å². The summed E-state index contributed by atoms with van der Waals surface area (Å²) in [6.45, 7) is 3.73. The van der Waals surface area contributed by atoms with Crippen molar-refractivity contribution < 1.29 is 9.90 Å². The van der Waals surface area contributed by atoms with Gasteiger partial charge in [-0.1, -0.05) is 29.8 Å². The van der Waals surface area contributed by atoms with Crippen LogP contribution in [0, 0.1) is 13.8 Å². The number of benzene rings is 1. The maximum absolute atomic E-state index is 10.9. The third kappa shape index (κ3) is 1.97. The molecule has 0 aliphatic carbocycles. The van der Waals surface area contributed by atoms with Crippen molar-refractivity contribution in [3.8, 4) is 10.6 Å². The Morgan fingerprint density at radius 2 is 1.88 bits per heavy atom. The first-order chi connectivity index (χ1) is 7.58. The van der Waals surface area contributed by atoms with E-state index >= 15 is 0 Å². The van der Waals surface area contributed by atoms with Gasteiger partial charge in [-0.15, -0.1) is 11.3 Å². The number of aryl methyl sites for hydroxylation is 2. The van der Waals surface area contributed by atoms with Crippen molar-refractivity contribution in [1.29, 1.82) is 0 Å². The van der Waals surface area contributed by atoms with Crippen LogP contribution in [0.25, 0.3) is 10.6 Å². The van der Waals surface area contributed by atoms with E-state index in [9.17, 15) is 4.79 Å². The molecule has 0 aliphatic rings. The zero-order chi connectivity index (χ0) is 11.7. The number of carbonyl (C=O) groups is 1. The highest BCUT2D eigenvalue weighted by atomic mass is 32.1. The van der Waals surface area contributed by atoms with Gasteiger partial charge in [-0.2, -0.15) is 0 Å². The Morgan fingerprint density at radius 1 is 1.25 bits per heavy atom. The van der Waals surface area contributed by atoms with Crippen molar-refractivity contribution in [2.24, 2.45) is 0 Å². The standard InChI is InChI=1S/C12H11NO2S/c1-7-3-5-9(6-4-7)11-13-8(2)10(16-11)12(14)15/h3-6H,1-2H3,(H,14,15). The topological polar surface area (TPSA) is 50.2 Å². The van der Waals surface area contributed by atoms with Crippen molar-refractivity contribution >= 4 is 17.3 Å². The van der Waals surface area contributed by atoms with Crippen LogP contribution < -0.4 is 0 Å². The van der Waals surface area contributed by atoms with Gasteiger partial charge in [-0.05, 0) is 13.8 Å². The van der Waals surface area contributed by atoms with Gasteiger partial charge in [0.15, 0.2) is 0 Å². The molecular weight excluding hydrogens is 222 g/mol. The van der Waals surface area contributed by atoms with Crippen LogP contribution in [-0.2, 0) is 0 Å². The van der Waals surface area contributed by atoms with E-state index in [1.807, 2.05) is 31.2 Å². The average molecular weight is 233 g/mol. The lowest BCUT2D eigenvalue weighted by Crippen LogP contribution is -1.94. The summed E-state index contributed by atoms with van der Waals surface area (Å²) in [6.07, 6.45) is 0. The molecule has 3 nitrogen and oxygen atoms in total. The van der Waals surface area contributed by atoms with Crippen LogP contribution >= 0.6 is 11.3 Å². The average Bonchev–Trinajstić information content (AvgIpc) is 2.61. The molecule has 0 amide bonds. The lowest BCUT2D eigenvalue weighted by atomic mass is 10.2. The number of rotatable bonds is 2. The molecule has 0 fully saturated rings. The minimum Gasteiger partial charge on any atom is -0.477 e. The van der Waals surface area contributed by atoms with E-state index in [2.05, 4.69) is 4.98 Å². The third-order valence-electron chi connectivity index (χ3n) is 2.29. The fourth-order valence-electron chi connectivity index (χ4n) is 1.41. The number of aromatic carboxylic acids is 1. The third-order valence-corrected chi connectivity index (χ3v) is 3.48. The summed E-state index contributed by atoms with van der Waals surface area (Å²) in [7, 11) is 0. The first kappa shape index (κ1) is 10.8. The Labute approximate surface area is 97.4 Å². The number of aromatic nitrogens is 1. The summed E-state index contributed by atoms with van der Waals surface area (Å²) in [5.41, 5.74) is 2.72. The highest BCUT2D eigenvalue weighted by Crippen LogP contribution is 2.27. The van der Waals surface area contributed by atoms with Crippen LogP contribution in [0.1, 0.15) is 20.9 Å². The van der Waals surface area contributed by atoms with Crippen molar-refractivity contribution in [3.63, 3.8) is 0 Å². The molecule has 16 heavy (non-hydrogen) atoms. The first-order valence-corrected chi connectivity index (χ1v) is 5.67. The zero-order valence-corrected chi connectivity index (χ0v) is 9.84. The molecule has 0 saturated heterocycles. The van der Waals surface area contributed by atoms with E-state index in [-0.39, 0.29) is 0 Å². The minimum absolute atomic E-state index is 0.315. The molecule has 0 bridgehead atoms. The van der Waals surface area contributed by atoms with Gasteiger partial charge in [0.25, 0.3) is 0 Å². The zero-order valence-electron chi connectivity index (χ0n) is 9.02. The maximum Gasteiger partial charge on any atom is 0.347 e. The molecule has 0 saturated carbocycles. The number of carboxylic acids is 1. The van der Waals surface area contributed by atoms with Gasteiger partial charge in [-0.25, -0.2) is 9.78 Å². The predicted octanol–water partition coefficient (Wildman–Crippen LogP) is 3.13.